The number of nitrogens with zero attached hydrogens (tertiary/aromatic N) is 1. The van der Waals surface area contributed by atoms with Crippen LogP contribution in [-0.2, 0) is 6.18 Å². The van der Waals surface area contributed by atoms with E-state index in [0.717, 1.165) is 25.3 Å². The predicted molar refractivity (Wildman–Crippen MR) is 68.1 cm³/mol. The third-order valence-electron chi connectivity index (χ3n) is 3.78. The molecule has 1 fully saturated rings. The molecule has 0 aliphatic heterocycles. The summed E-state index contributed by atoms with van der Waals surface area (Å²) in [5.41, 5.74) is -0.503. The molecule has 1 saturated carbocycles. The molecule has 0 radical (unpaired) electrons. The quantitative estimate of drug-likeness (QED) is 0.892. The van der Waals surface area contributed by atoms with E-state index in [4.69, 9.17) is 0 Å². The summed E-state index contributed by atoms with van der Waals surface area (Å²) in [6.45, 7) is 0. The molecule has 0 saturated heterocycles. The van der Waals surface area contributed by atoms with E-state index in [0.29, 0.717) is 6.42 Å². The molecule has 19 heavy (non-hydrogen) atoms. The highest BCUT2D eigenvalue weighted by molar-refractivity contribution is 5.55. The van der Waals surface area contributed by atoms with Gasteiger partial charge in [0.2, 0.25) is 0 Å². The number of likely N-dealkylation sites (N-methyl/N-ethyl adjacent to an activating group) is 1. The van der Waals surface area contributed by atoms with Crippen LogP contribution in [0.25, 0.3) is 0 Å². The third-order valence-corrected chi connectivity index (χ3v) is 3.78. The Labute approximate surface area is 110 Å². The van der Waals surface area contributed by atoms with E-state index in [1.54, 1.807) is 18.0 Å². The summed E-state index contributed by atoms with van der Waals surface area (Å²) in [4.78, 5) is 1.58. The van der Waals surface area contributed by atoms with E-state index < -0.39 is 17.8 Å². The average molecular weight is 273 g/mol. The van der Waals surface area contributed by atoms with Crippen molar-refractivity contribution in [2.45, 2.75) is 44.0 Å². The summed E-state index contributed by atoms with van der Waals surface area (Å²) in [5, 5.41) is 9.97. The van der Waals surface area contributed by atoms with Gasteiger partial charge in [0, 0.05) is 12.7 Å². The van der Waals surface area contributed by atoms with Gasteiger partial charge in [-0.2, -0.15) is 13.2 Å². The molecule has 1 aromatic rings. The van der Waals surface area contributed by atoms with Crippen LogP contribution in [0.4, 0.5) is 18.9 Å². The fourth-order valence-corrected chi connectivity index (χ4v) is 2.74. The van der Waals surface area contributed by atoms with Crippen molar-refractivity contribution < 1.29 is 18.3 Å². The Morgan fingerprint density at radius 2 is 1.79 bits per heavy atom. The number of halogens is 3. The third kappa shape index (κ3) is 3.03. The molecule has 5 heteroatoms. The van der Waals surface area contributed by atoms with Gasteiger partial charge in [-0.3, -0.25) is 0 Å². The first-order valence-electron chi connectivity index (χ1n) is 6.48. The molecule has 2 nitrogen and oxygen atoms in total. The lowest BCUT2D eigenvalue weighted by molar-refractivity contribution is -0.137. The van der Waals surface area contributed by atoms with Crippen molar-refractivity contribution >= 4 is 5.69 Å². The summed E-state index contributed by atoms with van der Waals surface area (Å²) in [5.74, 6) is 0. The van der Waals surface area contributed by atoms with Crippen LogP contribution in [0.2, 0.25) is 0 Å². The van der Waals surface area contributed by atoms with Gasteiger partial charge in [-0.25, -0.2) is 0 Å². The Morgan fingerprint density at radius 1 is 1.16 bits per heavy atom. The van der Waals surface area contributed by atoms with Crippen LogP contribution in [0.15, 0.2) is 24.3 Å². The van der Waals surface area contributed by atoms with Gasteiger partial charge in [-0.05, 0) is 25.0 Å². The van der Waals surface area contributed by atoms with Crippen molar-refractivity contribution in [2.75, 3.05) is 11.9 Å². The van der Waals surface area contributed by atoms with Crippen LogP contribution in [0, 0.1) is 0 Å². The number of hydrogen-bond acceptors (Lipinski definition) is 2. The molecule has 2 unspecified atom stereocenters. The second-order valence-corrected chi connectivity index (χ2v) is 5.04. The van der Waals surface area contributed by atoms with Gasteiger partial charge >= 0.3 is 6.18 Å². The zero-order valence-corrected chi connectivity index (χ0v) is 10.8. The molecule has 0 aromatic heterocycles. The topological polar surface area (TPSA) is 23.5 Å². The molecule has 0 bridgehead atoms. The second-order valence-electron chi connectivity index (χ2n) is 5.04. The highest BCUT2D eigenvalue weighted by Crippen LogP contribution is 2.38. The van der Waals surface area contributed by atoms with Crippen molar-refractivity contribution in [3.63, 3.8) is 0 Å². The van der Waals surface area contributed by atoms with E-state index >= 15 is 0 Å². The van der Waals surface area contributed by atoms with Crippen LogP contribution in [0.1, 0.15) is 31.2 Å². The molecule has 0 heterocycles. The molecule has 2 atom stereocenters. The van der Waals surface area contributed by atoms with E-state index in [9.17, 15) is 18.3 Å². The number of para-hydroxylation sites is 1. The summed E-state index contributed by atoms with van der Waals surface area (Å²) in [6.07, 6.45) is -1.66. The Hall–Kier alpha value is -1.23. The first kappa shape index (κ1) is 14.2. The normalized spacial score (nSPS) is 24.3. The minimum Gasteiger partial charge on any atom is -0.391 e. The maximum Gasteiger partial charge on any atom is 0.418 e. The Morgan fingerprint density at radius 3 is 2.42 bits per heavy atom. The summed E-state index contributed by atoms with van der Waals surface area (Å²) < 4.78 is 39.0. The Bertz CT molecular complexity index is 433. The molecule has 0 amide bonds. The van der Waals surface area contributed by atoms with Crippen LogP contribution < -0.4 is 4.90 Å². The van der Waals surface area contributed by atoms with E-state index in [-0.39, 0.29) is 11.7 Å². The number of aliphatic hydroxyl groups is 1. The largest absolute Gasteiger partial charge is 0.418 e. The molecule has 1 aromatic carbocycles. The van der Waals surface area contributed by atoms with Gasteiger partial charge in [-0.15, -0.1) is 0 Å². The Kier molecular flexibility index (Phi) is 4.04. The van der Waals surface area contributed by atoms with Crippen molar-refractivity contribution in [1.82, 2.24) is 0 Å². The molecule has 1 aliphatic rings. The molecule has 2 rings (SSSR count). The maximum absolute atomic E-state index is 13.0. The van der Waals surface area contributed by atoms with E-state index in [1.807, 2.05) is 0 Å². The lowest BCUT2D eigenvalue weighted by Gasteiger charge is -2.37. The fourth-order valence-electron chi connectivity index (χ4n) is 2.74. The number of hydrogen-bond donors (Lipinski definition) is 1. The van der Waals surface area contributed by atoms with Gasteiger partial charge in [0.05, 0.1) is 17.7 Å². The van der Waals surface area contributed by atoms with Gasteiger partial charge in [0.25, 0.3) is 0 Å². The van der Waals surface area contributed by atoms with Gasteiger partial charge in [-0.1, -0.05) is 25.0 Å². The van der Waals surface area contributed by atoms with Crippen molar-refractivity contribution in [3.05, 3.63) is 29.8 Å². The first-order chi connectivity index (χ1) is 8.91. The zero-order valence-electron chi connectivity index (χ0n) is 10.8. The average Bonchev–Trinajstić information content (AvgIpc) is 2.37. The monoisotopic (exact) mass is 273 g/mol. The van der Waals surface area contributed by atoms with E-state index in [2.05, 4.69) is 0 Å². The zero-order chi connectivity index (χ0) is 14.0. The molecule has 0 spiro atoms. The second kappa shape index (κ2) is 5.41. The van der Waals surface area contributed by atoms with Crippen LogP contribution in [0.5, 0.6) is 0 Å². The number of benzene rings is 1. The van der Waals surface area contributed by atoms with Gasteiger partial charge in [0.15, 0.2) is 0 Å². The molecular weight excluding hydrogens is 255 g/mol. The highest BCUT2D eigenvalue weighted by Gasteiger charge is 2.36. The van der Waals surface area contributed by atoms with Crippen LogP contribution in [-0.4, -0.2) is 24.3 Å². The summed E-state index contributed by atoms with van der Waals surface area (Å²) in [7, 11) is 1.63. The van der Waals surface area contributed by atoms with Crippen LogP contribution in [0.3, 0.4) is 0 Å². The fraction of sp³-hybridized carbons (Fsp3) is 0.571. The number of anilines is 1. The van der Waals surface area contributed by atoms with Gasteiger partial charge < -0.3 is 10.0 Å². The number of alkyl halides is 3. The summed E-state index contributed by atoms with van der Waals surface area (Å²) in [6, 6.07) is 5.29. The lowest BCUT2D eigenvalue weighted by Crippen LogP contribution is -2.44. The highest BCUT2D eigenvalue weighted by atomic mass is 19.4. The first-order valence-corrected chi connectivity index (χ1v) is 6.48. The van der Waals surface area contributed by atoms with Crippen molar-refractivity contribution in [1.29, 1.82) is 0 Å². The number of rotatable bonds is 2. The standard InChI is InChI=1S/C14H18F3NO/c1-18(12-8-4-5-9-13(12)19)11-7-3-2-6-10(11)14(15,16)17/h2-3,6-7,12-13,19H,4-5,8-9H2,1H3. The Balaban J connectivity index is 2.30. The SMILES string of the molecule is CN(c1ccccc1C(F)(F)F)C1CCCCC1O. The lowest BCUT2D eigenvalue weighted by atomic mass is 9.91. The van der Waals surface area contributed by atoms with Crippen molar-refractivity contribution in [2.24, 2.45) is 0 Å². The summed E-state index contributed by atoms with van der Waals surface area (Å²) >= 11 is 0. The maximum atomic E-state index is 13.0. The minimum absolute atomic E-state index is 0.140. The minimum atomic E-state index is -4.37. The molecule has 1 aliphatic carbocycles. The smallest absolute Gasteiger partial charge is 0.391 e. The predicted octanol–water partition coefficient (Wildman–Crippen LogP) is 3.45. The van der Waals surface area contributed by atoms with E-state index in [1.165, 1.54) is 12.1 Å². The molecule has 1 N–H and O–H groups in total. The number of aliphatic hydroxyl groups excluding tert-OH is 1. The molecule has 106 valence electrons. The van der Waals surface area contributed by atoms with Crippen molar-refractivity contribution in [3.8, 4) is 0 Å². The molecular formula is C14H18F3NO. The van der Waals surface area contributed by atoms with Gasteiger partial charge in [0.1, 0.15) is 0 Å². The van der Waals surface area contributed by atoms with Crippen LogP contribution >= 0.6 is 0 Å².